The summed E-state index contributed by atoms with van der Waals surface area (Å²) in [5, 5.41) is 12.1. The lowest BCUT2D eigenvalue weighted by molar-refractivity contribution is 0.0698. The number of rotatable bonds is 2. The molecule has 2 aromatic heterocycles. The molecule has 0 fully saturated rings. The highest BCUT2D eigenvalue weighted by molar-refractivity contribution is 7.08. The van der Waals surface area contributed by atoms with Gasteiger partial charge >= 0.3 is 5.97 Å². The average Bonchev–Trinajstić information content (AvgIpc) is 2.67. The predicted octanol–water partition coefficient (Wildman–Crippen LogP) is 2.65. The topological polar surface area (TPSA) is 50.2 Å². The SMILES string of the molecule is O=C(O)c1cscc1-c1ccc(F)cn1. The van der Waals surface area contributed by atoms with Gasteiger partial charge in [0.1, 0.15) is 5.82 Å². The van der Waals surface area contributed by atoms with Crippen molar-refractivity contribution in [3.8, 4) is 11.3 Å². The van der Waals surface area contributed by atoms with Gasteiger partial charge in [-0.15, -0.1) is 0 Å². The number of nitrogens with zero attached hydrogens (tertiary/aromatic N) is 1. The lowest BCUT2D eigenvalue weighted by atomic mass is 10.1. The number of halogens is 1. The maximum Gasteiger partial charge on any atom is 0.337 e. The summed E-state index contributed by atoms with van der Waals surface area (Å²) in [5.41, 5.74) is 1.18. The standard InChI is InChI=1S/C10H6FNO2S/c11-6-1-2-9(12-3-6)7-4-15-5-8(7)10(13)14/h1-5H,(H,13,14). The second-order valence-corrected chi connectivity index (χ2v) is 3.61. The molecule has 0 saturated carbocycles. The van der Waals surface area contributed by atoms with E-state index in [9.17, 15) is 9.18 Å². The molecule has 0 saturated heterocycles. The maximum absolute atomic E-state index is 12.6. The molecule has 0 aromatic carbocycles. The second-order valence-electron chi connectivity index (χ2n) is 2.87. The number of carbonyl (C=O) groups is 1. The van der Waals surface area contributed by atoms with Crippen molar-refractivity contribution in [2.75, 3.05) is 0 Å². The van der Waals surface area contributed by atoms with Crippen LogP contribution in [0, 0.1) is 5.82 Å². The van der Waals surface area contributed by atoms with Crippen LogP contribution in [0.15, 0.2) is 29.1 Å². The van der Waals surface area contributed by atoms with Gasteiger partial charge in [-0.3, -0.25) is 4.98 Å². The van der Waals surface area contributed by atoms with Crippen LogP contribution in [0.2, 0.25) is 0 Å². The normalized spacial score (nSPS) is 10.2. The zero-order chi connectivity index (χ0) is 10.8. The quantitative estimate of drug-likeness (QED) is 0.851. The van der Waals surface area contributed by atoms with E-state index in [0.717, 1.165) is 6.20 Å². The van der Waals surface area contributed by atoms with Crippen LogP contribution in [0.5, 0.6) is 0 Å². The number of pyridine rings is 1. The van der Waals surface area contributed by atoms with Crippen LogP contribution in [0.4, 0.5) is 4.39 Å². The fraction of sp³-hybridized carbons (Fsp3) is 0. The van der Waals surface area contributed by atoms with E-state index in [4.69, 9.17) is 5.11 Å². The van der Waals surface area contributed by atoms with E-state index < -0.39 is 11.8 Å². The highest BCUT2D eigenvalue weighted by Crippen LogP contribution is 2.25. The van der Waals surface area contributed by atoms with E-state index >= 15 is 0 Å². The molecular formula is C10H6FNO2S. The molecule has 0 amide bonds. The Labute approximate surface area is 88.8 Å². The van der Waals surface area contributed by atoms with Crippen molar-refractivity contribution in [3.63, 3.8) is 0 Å². The molecule has 5 heteroatoms. The van der Waals surface area contributed by atoms with Gasteiger partial charge in [0, 0.05) is 16.3 Å². The Kier molecular flexibility index (Phi) is 2.47. The first-order chi connectivity index (χ1) is 7.18. The van der Waals surface area contributed by atoms with E-state index in [-0.39, 0.29) is 5.56 Å². The lowest BCUT2D eigenvalue weighted by Crippen LogP contribution is -1.96. The van der Waals surface area contributed by atoms with Crippen LogP contribution in [-0.4, -0.2) is 16.1 Å². The molecule has 0 spiro atoms. The number of thiophene rings is 1. The number of hydrogen-bond donors (Lipinski definition) is 1. The van der Waals surface area contributed by atoms with E-state index in [0.29, 0.717) is 11.3 Å². The molecule has 0 unspecified atom stereocenters. The fourth-order valence-corrected chi connectivity index (χ4v) is 2.01. The van der Waals surface area contributed by atoms with E-state index in [1.54, 1.807) is 5.38 Å². The minimum absolute atomic E-state index is 0.194. The minimum atomic E-state index is -1.00. The van der Waals surface area contributed by atoms with Crippen molar-refractivity contribution in [2.24, 2.45) is 0 Å². The van der Waals surface area contributed by atoms with Gasteiger partial charge in [-0.25, -0.2) is 9.18 Å². The van der Waals surface area contributed by atoms with E-state index in [2.05, 4.69) is 4.98 Å². The van der Waals surface area contributed by atoms with Crippen molar-refractivity contribution >= 4 is 17.3 Å². The van der Waals surface area contributed by atoms with Crippen LogP contribution in [0.3, 0.4) is 0 Å². The highest BCUT2D eigenvalue weighted by atomic mass is 32.1. The van der Waals surface area contributed by atoms with E-state index in [1.807, 2.05) is 0 Å². The van der Waals surface area contributed by atoms with Gasteiger partial charge in [0.25, 0.3) is 0 Å². The maximum atomic E-state index is 12.6. The van der Waals surface area contributed by atoms with Gasteiger partial charge in [-0.1, -0.05) is 0 Å². The summed E-state index contributed by atoms with van der Waals surface area (Å²) in [5.74, 6) is -1.44. The highest BCUT2D eigenvalue weighted by Gasteiger charge is 2.13. The third-order valence-electron chi connectivity index (χ3n) is 1.90. The Bertz CT molecular complexity index is 492. The molecule has 1 N–H and O–H groups in total. The van der Waals surface area contributed by atoms with Gasteiger partial charge in [-0.05, 0) is 12.1 Å². The fourth-order valence-electron chi connectivity index (χ4n) is 1.20. The summed E-state index contributed by atoms with van der Waals surface area (Å²) in [6.07, 6.45) is 1.07. The summed E-state index contributed by atoms with van der Waals surface area (Å²) in [6.45, 7) is 0. The van der Waals surface area contributed by atoms with Crippen molar-refractivity contribution in [3.05, 3.63) is 40.5 Å². The van der Waals surface area contributed by atoms with Gasteiger partial charge in [0.05, 0.1) is 17.5 Å². The Morgan fingerprint density at radius 3 is 2.80 bits per heavy atom. The van der Waals surface area contributed by atoms with Crippen LogP contribution < -0.4 is 0 Å². The molecular weight excluding hydrogens is 217 g/mol. The Morgan fingerprint density at radius 1 is 1.40 bits per heavy atom. The van der Waals surface area contributed by atoms with Crippen molar-refractivity contribution in [1.82, 2.24) is 4.98 Å². The molecule has 15 heavy (non-hydrogen) atoms. The first-order valence-electron chi connectivity index (χ1n) is 4.10. The largest absolute Gasteiger partial charge is 0.478 e. The second kappa shape index (κ2) is 3.78. The van der Waals surface area contributed by atoms with Crippen LogP contribution in [-0.2, 0) is 0 Å². The van der Waals surface area contributed by atoms with Crippen molar-refractivity contribution in [1.29, 1.82) is 0 Å². The first kappa shape index (κ1) is 9.79. The lowest BCUT2D eigenvalue weighted by Gasteiger charge is -1.98. The molecule has 0 radical (unpaired) electrons. The van der Waals surface area contributed by atoms with Crippen LogP contribution in [0.1, 0.15) is 10.4 Å². The average molecular weight is 223 g/mol. The molecule has 0 atom stereocenters. The van der Waals surface area contributed by atoms with E-state index in [1.165, 1.54) is 28.8 Å². The molecule has 2 rings (SSSR count). The number of aromatic carboxylic acids is 1. The summed E-state index contributed by atoms with van der Waals surface area (Å²) < 4.78 is 12.6. The number of hydrogen-bond acceptors (Lipinski definition) is 3. The summed E-state index contributed by atoms with van der Waals surface area (Å²) >= 11 is 1.28. The molecule has 2 heterocycles. The Balaban J connectivity index is 2.49. The van der Waals surface area contributed by atoms with Crippen molar-refractivity contribution in [2.45, 2.75) is 0 Å². The molecule has 3 nitrogen and oxygen atoms in total. The number of carboxylic acid groups (broad SMARTS) is 1. The summed E-state index contributed by atoms with van der Waals surface area (Å²) in [4.78, 5) is 14.7. The Morgan fingerprint density at radius 2 is 2.20 bits per heavy atom. The predicted molar refractivity (Wildman–Crippen MR) is 54.5 cm³/mol. The zero-order valence-electron chi connectivity index (χ0n) is 7.48. The minimum Gasteiger partial charge on any atom is -0.478 e. The molecule has 0 aliphatic carbocycles. The Hall–Kier alpha value is -1.75. The third-order valence-corrected chi connectivity index (χ3v) is 2.64. The monoisotopic (exact) mass is 223 g/mol. The summed E-state index contributed by atoms with van der Waals surface area (Å²) in [6, 6.07) is 2.72. The zero-order valence-corrected chi connectivity index (χ0v) is 8.29. The van der Waals surface area contributed by atoms with Gasteiger partial charge in [0.15, 0.2) is 0 Å². The molecule has 0 aliphatic heterocycles. The van der Waals surface area contributed by atoms with Gasteiger partial charge < -0.3 is 5.11 Å². The smallest absolute Gasteiger partial charge is 0.337 e. The van der Waals surface area contributed by atoms with Crippen LogP contribution >= 0.6 is 11.3 Å². The van der Waals surface area contributed by atoms with Crippen LogP contribution in [0.25, 0.3) is 11.3 Å². The number of aromatic nitrogens is 1. The number of carboxylic acids is 1. The molecule has 0 aliphatic rings. The molecule has 2 aromatic rings. The first-order valence-corrected chi connectivity index (χ1v) is 5.04. The summed E-state index contributed by atoms with van der Waals surface area (Å²) in [7, 11) is 0. The van der Waals surface area contributed by atoms with Crippen molar-refractivity contribution < 1.29 is 14.3 Å². The third kappa shape index (κ3) is 1.87. The van der Waals surface area contributed by atoms with Gasteiger partial charge in [0.2, 0.25) is 0 Å². The molecule has 76 valence electrons. The van der Waals surface area contributed by atoms with Gasteiger partial charge in [-0.2, -0.15) is 11.3 Å². The molecule has 0 bridgehead atoms.